The molecule has 0 radical (unpaired) electrons. The van der Waals surface area contributed by atoms with Gasteiger partial charge in [-0.3, -0.25) is 9.68 Å². The van der Waals surface area contributed by atoms with Gasteiger partial charge in [-0.1, -0.05) is 12.8 Å². The first kappa shape index (κ1) is 43.8. The van der Waals surface area contributed by atoms with E-state index in [0.29, 0.717) is 0 Å². The van der Waals surface area contributed by atoms with Gasteiger partial charge < -0.3 is 48.1 Å². The van der Waals surface area contributed by atoms with Crippen LogP contribution >= 0.6 is 0 Å². The van der Waals surface area contributed by atoms with Crippen molar-refractivity contribution < 1.29 is 77.0 Å². The Balaban J connectivity index is 0.000000214. The summed E-state index contributed by atoms with van der Waals surface area (Å²) in [4.78, 5) is 58.9. The summed E-state index contributed by atoms with van der Waals surface area (Å²) in [7, 11) is 2.46. The Hall–Kier alpha value is -3.36. The molecule has 18 nitrogen and oxygen atoms in total. The van der Waals surface area contributed by atoms with Gasteiger partial charge in [-0.25, -0.2) is 19.2 Å². The molecule has 0 unspecified atom stereocenters. The lowest BCUT2D eigenvalue weighted by atomic mass is 9.89. The number of hydrogen-bond donors (Lipinski definition) is 4. The fraction of sp³-hybridized carbons (Fsp3) is 0.789. The minimum absolute atomic E-state index is 0.0590. The lowest BCUT2D eigenvalue weighted by Gasteiger charge is -2.34. The first-order valence-electron chi connectivity index (χ1n) is 19.2. The maximum Gasteiger partial charge on any atom is 0.431 e. The molecule has 56 heavy (non-hydrogen) atoms. The van der Waals surface area contributed by atoms with Crippen molar-refractivity contribution in [2.45, 2.75) is 177 Å². The van der Waals surface area contributed by atoms with Gasteiger partial charge in [-0.2, -0.15) is 11.0 Å². The zero-order chi connectivity index (χ0) is 41.1. The average molecular weight is 799 g/mol. The van der Waals surface area contributed by atoms with Gasteiger partial charge in [0, 0.05) is 25.7 Å². The lowest BCUT2D eigenvalue weighted by molar-refractivity contribution is -0.204. The molecule has 316 valence electrons. The van der Waals surface area contributed by atoms with Crippen LogP contribution in [0.15, 0.2) is 23.3 Å². The summed E-state index contributed by atoms with van der Waals surface area (Å²) < 4.78 is 44.2. The number of rotatable bonds is 6. The van der Waals surface area contributed by atoms with E-state index < -0.39 is 95.7 Å². The second-order valence-corrected chi connectivity index (χ2v) is 16.8. The van der Waals surface area contributed by atoms with Crippen LogP contribution in [0.3, 0.4) is 0 Å². The monoisotopic (exact) mass is 798 g/mol. The molecular weight excluding hydrogens is 740 g/mol. The molecule has 2 spiro atoms. The largest absolute Gasteiger partial charge is 0.466 e. The molecule has 2 amide bonds. The molecule has 4 N–H and O–H groups in total. The topological polar surface area (TPSA) is 225 Å². The third-order valence-corrected chi connectivity index (χ3v) is 10.1. The van der Waals surface area contributed by atoms with Crippen molar-refractivity contribution in [3.63, 3.8) is 0 Å². The van der Waals surface area contributed by atoms with Crippen LogP contribution in [0.2, 0.25) is 0 Å². The van der Waals surface area contributed by atoms with E-state index in [0.717, 1.165) is 64.2 Å². The fourth-order valence-electron chi connectivity index (χ4n) is 7.70. The van der Waals surface area contributed by atoms with Crippen LogP contribution in [0.25, 0.3) is 0 Å². The van der Waals surface area contributed by atoms with Crippen LogP contribution in [0.4, 0.5) is 9.59 Å². The molecular formula is C38H58N2O16. The summed E-state index contributed by atoms with van der Waals surface area (Å²) in [6.45, 7) is 10.2. The molecule has 0 aromatic carbocycles. The third kappa shape index (κ3) is 10.6. The standard InChI is InChI=1S/2C19H29NO8/c2*1-18(2,3)27-17(23)20-28-14-11(16(22)24-4)10-12-15(13(14)21)26-19(25-12)8-6-5-7-9-19/h2*10,12-15,21H,5-9H2,1-4H3,(H,20,23)/t2*12-,13+,14-,15-/m11/s1. The van der Waals surface area contributed by atoms with E-state index >= 15 is 0 Å². The zero-order valence-electron chi connectivity index (χ0n) is 33.5. The highest BCUT2D eigenvalue weighted by Gasteiger charge is 2.56. The molecule has 8 atom stereocenters. The molecule has 2 saturated carbocycles. The summed E-state index contributed by atoms with van der Waals surface area (Å²) in [6.07, 6.45) is 3.05. The highest BCUT2D eigenvalue weighted by molar-refractivity contribution is 5.90. The number of amides is 2. The van der Waals surface area contributed by atoms with Gasteiger partial charge in [0.2, 0.25) is 0 Å². The summed E-state index contributed by atoms with van der Waals surface area (Å²) in [5.74, 6) is -2.86. The number of nitrogens with one attached hydrogen (secondary N) is 2. The van der Waals surface area contributed by atoms with Crippen molar-refractivity contribution >= 4 is 24.1 Å². The van der Waals surface area contributed by atoms with Gasteiger partial charge in [-0.05, 0) is 79.4 Å². The van der Waals surface area contributed by atoms with E-state index in [2.05, 4.69) is 11.0 Å². The van der Waals surface area contributed by atoms with Crippen LogP contribution < -0.4 is 11.0 Å². The quantitative estimate of drug-likeness (QED) is 0.172. The summed E-state index contributed by atoms with van der Waals surface area (Å²) in [5.41, 5.74) is 2.94. The van der Waals surface area contributed by atoms with Crippen LogP contribution in [0, 0.1) is 0 Å². The fourth-order valence-corrected chi connectivity index (χ4v) is 7.70. The van der Waals surface area contributed by atoms with Crippen molar-refractivity contribution in [1.29, 1.82) is 0 Å². The van der Waals surface area contributed by atoms with E-state index in [9.17, 15) is 29.4 Å². The number of esters is 2. The molecule has 4 aliphatic carbocycles. The highest BCUT2D eigenvalue weighted by atomic mass is 16.8. The van der Waals surface area contributed by atoms with Gasteiger partial charge >= 0.3 is 24.1 Å². The van der Waals surface area contributed by atoms with Crippen molar-refractivity contribution in [3.8, 4) is 0 Å². The van der Waals surface area contributed by atoms with Gasteiger partial charge in [0.25, 0.3) is 0 Å². The number of carbonyl (C=O) groups is 4. The van der Waals surface area contributed by atoms with Gasteiger partial charge in [0.15, 0.2) is 11.6 Å². The minimum Gasteiger partial charge on any atom is -0.466 e. The molecule has 6 aliphatic rings. The Morgan fingerprint density at radius 3 is 1.25 bits per heavy atom. The Morgan fingerprint density at radius 1 is 0.607 bits per heavy atom. The number of aliphatic hydroxyl groups excluding tert-OH is 2. The van der Waals surface area contributed by atoms with Crippen LogP contribution in [0.1, 0.15) is 106 Å². The van der Waals surface area contributed by atoms with Gasteiger partial charge in [-0.15, -0.1) is 0 Å². The summed E-state index contributed by atoms with van der Waals surface area (Å²) in [6, 6.07) is 0. The summed E-state index contributed by atoms with van der Waals surface area (Å²) >= 11 is 0. The predicted octanol–water partition coefficient (Wildman–Crippen LogP) is 3.46. The molecule has 18 heteroatoms. The Bertz CT molecular complexity index is 1380. The van der Waals surface area contributed by atoms with Crippen LogP contribution in [-0.2, 0) is 57.2 Å². The van der Waals surface area contributed by atoms with Crippen LogP contribution in [0.5, 0.6) is 0 Å². The SMILES string of the molecule is COC(=O)C1=C[C@H]2OC3(CCCCC3)O[C@H]2[C@@H](O)[C@@H]1ONC(=O)OC(C)(C)C.COC(=O)C1=C[C@H]2OC3(CCCCC3)O[C@H]2[C@@H](O)[C@@H]1ONC(=O)OC(C)(C)C. The molecule has 2 saturated heterocycles. The smallest absolute Gasteiger partial charge is 0.431 e. The first-order chi connectivity index (χ1) is 26.3. The van der Waals surface area contributed by atoms with Crippen molar-refractivity contribution in [1.82, 2.24) is 11.0 Å². The van der Waals surface area contributed by atoms with E-state index in [1.165, 1.54) is 14.2 Å². The zero-order valence-corrected chi connectivity index (χ0v) is 33.5. The first-order valence-corrected chi connectivity index (χ1v) is 19.2. The van der Waals surface area contributed by atoms with Crippen molar-refractivity contribution in [2.75, 3.05) is 14.2 Å². The number of hydroxylamine groups is 2. The number of hydrogen-bond acceptors (Lipinski definition) is 16. The number of carbonyl (C=O) groups excluding carboxylic acids is 4. The van der Waals surface area contributed by atoms with Gasteiger partial charge in [0.1, 0.15) is 60.0 Å². The number of fused-ring (bicyclic) bond motifs is 2. The molecule has 6 rings (SSSR count). The van der Waals surface area contributed by atoms with Crippen LogP contribution in [-0.4, -0.2) is 120 Å². The number of methoxy groups -OCH3 is 2. The average Bonchev–Trinajstić information content (AvgIpc) is 3.66. The van der Waals surface area contributed by atoms with Gasteiger partial charge in [0.05, 0.1) is 25.4 Å². The predicted molar refractivity (Wildman–Crippen MR) is 192 cm³/mol. The maximum absolute atomic E-state index is 12.2. The normalized spacial score (nSPS) is 31.7. The molecule has 2 aliphatic heterocycles. The van der Waals surface area contributed by atoms with E-state index in [1.807, 2.05) is 0 Å². The minimum atomic E-state index is -1.24. The Kier molecular flexibility index (Phi) is 13.8. The maximum atomic E-state index is 12.2. The molecule has 0 aromatic heterocycles. The summed E-state index contributed by atoms with van der Waals surface area (Å²) in [5, 5.41) is 21.7. The Labute approximate surface area is 326 Å². The third-order valence-electron chi connectivity index (χ3n) is 10.1. The highest BCUT2D eigenvalue weighted by Crippen LogP contribution is 2.46. The Morgan fingerprint density at radius 2 is 0.946 bits per heavy atom. The number of aliphatic hydroxyl groups is 2. The van der Waals surface area contributed by atoms with E-state index in [4.69, 9.17) is 47.6 Å². The second-order valence-electron chi connectivity index (χ2n) is 16.8. The van der Waals surface area contributed by atoms with Crippen molar-refractivity contribution in [3.05, 3.63) is 23.3 Å². The molecule has 0 aromatic rings. The molecule has 2 heterocycles. The van der Waals surface area contributed by atoms with E-state index in [1.54, 1.807) is 53.7 Å². The lowest BCUT2D eigenvalue weighted by Crippen LogP contribution is -2.52. The van der Waals surface area contributed by atoms with E-state index in [-0.39, 0.29) is 11.1 Å². The van der Waals surface area contributed by atoms with Crippen molar-refractivity contribution in [2.24, 2.45) is 0 Å². The molecule has 0 bridgehead atoms. The molecule has 4 fully saturated rings. The second kappa shape index (κ2) is 17.6. The number of ether oxygens (including phenoxy) is 8.